The normalized spacial score (nSPS) is 25.2. The molecule has 0 saturated carbocycles. The van der Waals surface area contributed by atoms with E-state index in [4.69, 9.17) is 19.7 Å². The number of nitrogens with zero attached hydrogens (tertiary/aromatic N) is 7. The van der Waals surface area contributed by atoms with Crippen molar-refractivity contribution in [2.45, 2.75) is 51.6 Å². The average molecular weight is 452 g/mol. The van der Waals surface area contributed by atoms with Gasteiger partial charge in [0.1, 0.15) is 18.5 Å². The molecule has 33 heavy (non-hydrogen) atoms. The number of hydrogen-bond donors (Lipinski definition) is 1. The summed E-state index contributed by atoms with van der Waals surface area (Å²) < 4.78 is 19.9. The fraction of sp³-hybridized carbons (Fsp3) is 0.429. The zero-order valence-electron chi connectivity index (χ0n) is 17.3. The standard InChI is InChI=1S/C20H20N8O4.CH4/c1-20(2)31-14-12(8-25-27-21)30-19(15(14)32-20)28-10-24-13-16(22-9-23-17(13)28)26-18(29)11-6-4-3-5-7-11;/h3-7,9-10,12,14-15,19H,8H2,1-2H3,(H,22,23,26,29);1H4/t12-,14?,15+,19-;/m1./s1. The van der Waals surface area contributed by atoms with Crippen molar-refractivity contribution in [3.8, 4) is 0 Å². The third kappa shape index (κ3) is 4.12. The molecule has 3 aromatic rings. The molecule has 2 aliphatic rings. The van der Waals surface area contributed by atoms with Crippen LogP contribution in [0.25, 0.3) is 21.6 Å². The molecule has 5 rings (SSSR count). The van der Waals surface area contributed by atoms with E-state index >= 15 is 0 Å². The van der Waals surface area contributed by atoms with E-state index in [9.17, 15) is 4.79 Å². The zero-order chi connectivity index (χ0) is 22.3. The van der Waals surface area contributed by atoms with Crippen LogP contribution in [0.4, 0.5) is 5.82 Å². The van der Waals surface area contributed by atoms with Crippen LogP contribution in [-0.2, 0) is 14.2 Å². The third-order valence-corrected chi connectivity index (χ3v) is 5.35. The Morgan fingerprint density at radius 3 is 2.73 bits per heavy atom. The SMILES string of the molecule is C.CC1(C)OC2[C@@H](CN=[N+]=[N-])O[C@@H](n3cnc4c(NC(=O)c5ccccc5)ncnc43)[C@H]2O1. The smallest absolute Gasteiger partial charge is 0.256 e. The van der Waals surface area contributed by atoms with E-state index < -0.39 is 30.3 Å². The zero-order valence-corrected chi connectivity index (χ0v) is 17.3. The van der Waals surface area contributed by atoms with Gasteiger partial charge < -0.3 is 19.5 Å². The Morgan fingerprint density at radius 2 is 1.97 bits per heavy atom. The lowest BCUT2D eigenvalue weighted by Crippen LogP contribution is -2.31. The van der Waals surface area contributed by atoms with Crippen LogP contribution < -0.4 is 5.32 Å². The van der Waals surface area contributed by atoms with Crippen LogP contribution in [0.15, 0.2) is 48.1 Å². The Labute approximate surface area is 189 Å². The van der Waals surface area contributed by atoms with E-state index in [1.807, 2.05) is 19.9 Å². The number of ether oxygens (including phenoxy) is 3. The highest BCUT2D eigenvalue weighted by Gasteiger charge is 2.55. The van der Waals surface area contributed by atoms with E-state index in [2.05, 4.69) is 30.3 Å². The molecule has 2 aliphatic heterocycles. The molecule has 0 radical (unpaired) electrons. The highest BCUT2D eigenvalue weighted by atomic mass is 16.8. The lowest BCUT2D eigenvalue weighted by atomic mass is 10.1. The number of hydrogen-bond acceptors (Lipinski definition) is 8. The number of rotatable bonds is 5. The van der Waals surface area contributed by atoms with Crippen molar-refractivity contribution in [2.24, 2.45) is 5.11 Å². The summed E-state index contributed by atoms with van der Waals surface area (Å²) in [5.41, 5.74) is 10.1. The van der Waals surface area contributed by atoms with Crippen molar-refractivity contribution < 1.29 is 19.0 Å². The summed E-state index contributed by atoms with van der Waals surface area (Å²) in [4.78, 5) is 28.3. The molecular formula is C21H24N8O4. The molecule has 1 unspecified atom stereocenters. The Morgan fingerprint density at radius 1 is 1.21 bits per heavy atom. The van der Waals surface area contributed by atoms with Crippen LogP contribution in [0.2, 0.25) is 0 Å². The molecule has 0 spiro atoms. The first-order chi connectivity index (χ1) is 15.5. The minimum Gasteiger partial charge on any atom is -0.349 e. The quantitative estimate of drug-likeness (QED) is 0.354. The number of aromatic nitrogens is 4. The van der Waals surface area contributed by atoms with Crippen LogP contribution in [0, 0.1) is 0 Å². The van der Waals surface area contributed by atoms with Crippen LogP contribution >= 0.6 is 0 Å². The van der Waals surface area contributed by atoms with Crippen molar-refractivity contribution in [3.05, 3.63) is 59.0 Å². The molecule has 1 N–H and O–H groups in total. The van der Waals surface area contributed by atoms with Gasteiger partial charge in [-0.25, -0.2) is 15.0 Å². The van der Waals surface area contributed by atoms with Crippen LogP contribution in [-0.4, -0.2) is 56.1 Å². The monoisotopic (exact) mass is 452 g/mol. The van der Waals surface area contributed by atoms with Gasteiger partial charge in [0.2, 0.25) is 0 Å². The van der Waals surface area contributed by atoms with Gasteiger partial charge in [0.15, 0.2) is 29.0 Å². The number of nitrogens with one attached hydrogen (secondary N) is 1. The predicted molar refractivity (Wildman–Crippen MR) is 118 cm³/mol. The first-order valence-electron chi connectivity index (χ1n) is 10.0. The topological polar surface area (TPSA) is 149 Å². The van der Waals surface area contributed by atoms with E-state index in [1.54, 1.807) is 35.2 Å². The number of anilines is 1. The second kappa shape index (κ2) is 8.75. The van der Waals surface area contributed by atoms with E-state index in [-0.39, 0.29) is 25.7 Å². The van der Waals surface area contributed by atoms with E-state index in [0.717, 1.165) is 0 Å². The molecule has 2 saturated heterocycles. The third-order valence-electron chi connectivity index (χ3n) is 5.35. The van der Waals surface area contributed by atoms with Crippen LogP contribution in [0.1, 0.15) is 37.9 Å². The molecular weight excluding hydrogens is 428 g/mol. The lowest BCUT2D eigenvalue weighted by molar-refractivity contribution is -0.195. The molecule has 4 atom stereocenters. The molecule has 12 heteroatoms. The molecule has 2 aromatic heterocycles. The fourth-order valence-electron chi connectivity index (χ4n) is 4.05. The highest BCUT2D eigenvalue weighted by molar-refractivity contribution is 6.06. The number of imidazole rings is 1. The van der Waals surface area contributed by atoms with Gasteiger partial charge in [0.05, 0.1) is 19.0 Å². The number of amides is 1. The number of benzene rings is 1. The molecule has 0 bridgehead atoms. The summed E-state index contributed by atoms with van der Waals surface area (Å²) >= 11 is 0. The number of carbonyl (C=O) groups excluding carboxylic acids is 1. The summed E-state index contributed by atoms with van der Waals surface area (Å²) in [6.07, 6.45) is 0.929. The minimum absolute atomic E-state index is 0. The Kier molecular flexibility index (Phi) is 6.00. The van der Waals surface area contributed by atoms with Gasteiger partial charge in [0, 0.05) is 10.5 Å². The van der Waals surface area contributed by atoms with E-state index in [0.29, 0.717) is 16.7 Å². The van der Waals surface area contributed by atoms with Gasteiger partial charge in [-0.2, -0.15) is 0 Å². The minimum atomic E-state index is -0.813. The van der Waals surface area contributed by atoms with Gasteiger partial charge in [-0.05, 0) is 31.5 Å². The second-order valence-corrected chi connectivity index (χ2v) is 7.91. The number of fused-ring (bicyclic) bond motifs is 2. The molecule has 172 valence electrons. The summed E-state index contributed by atoms with van der Waals surface area (Å²) in [6, 6.07) is 8.82. The maximum absolute atomic E-state index is 12.6. The molecule has 12 nitrogen and oxygen atoms in total. The van der Waals surface area contributed by atoms with Crippen molar-refractivity contribution >= 4 is 22.9 Å². The van der Waals surface area contributed by atoms with Crippen LogP contribution in [0.3, 0.4) is 0 Å². The number of azide groups is 1. The lowest BCUT2D eigenvalue weighted by Gasteiger charge is -2.24. The molecule has 1 aromatic carbocycles. The second-order valence-electron chi connectivity index (χ2n) is 7.91. The molecule has 1 amide bonds. The van der Waals surface area contributed by atoms with Gasteiger partial charge in [-0.15, -0.1) is 0 Å². The molecule has 2 fully saturated rings. The first kappa shape index (κ1) is 22.6. The summed E-state index contributed by atoms with van der Waals surface area (Å²) in [5.74, 6) is -0.834. The van der Waals surface area contributed by atoms with Crippen molar-refractivity contribution in [1.82, 2.24) is 19.5 Å². The highest BCUT2D eigenvalue weighted by Crippen LogP contribution is 2.44. The maximum atomic E-state index is 12.6. The van der Waals surface area contributed by atoms with Crippen molar-refractivity contribution in [3.63, 3.8) is 0 Å². The average Bonchev–Trinajstić information content (AvgIpc) is 3.44. The fourth-order valence-corrected chi connectivity index (χ4v) is 4.05. The van der Waals surface area contributed by atoms with Crippen LogP contribution in [0.5, 0.6) is 0 Å². The first-order valence-corrected chi connectivity index (χ1v) is 10.0. The van der Waals surface area contributed by atoms with Crippen molar-refractivity contribution in [1.29, 1.82) is 0 Å². The Balaban J connectivity index is 0.00000259. The number of carbonyl (C=O) groups is 1. The van der Waals surface area contributed by atoms with Gasteiger partial charge in [0.25, 0.3) is 5.91 Å². The molecule has 0 aliphatic carbocycles. The predicted octanol–water partition coefficient (Wildman–Crippen LogP) is 3.44. The van der Waals surface area contributed by atoms with E-state index in [1.165, 1.54) is 6.33 Å². The Hall–Kier alpha value is -3.57. The Bertz CT molecular complexity index is 1210. The molecule has 4 heterocycles. The summed E-state index contributed by atoms with van der Waals surface area (Å²) in [6.45, 7) is 3.74. The van der Waals surface area contributed by atoms with Crippen molar-refractivity contribution in [2.75, 3.05) is 11.9 Å². The summed E-state index contributed by atoms with van der Waals surface area (Å²) in [5, 5.41) is 6.42. The van der Waals surface area contributed by atoms with Gasteiger partial charge in [-0.1, -0.05) is 30.7 Å². The summed E-state index contributed by atoms with van der Waals surface area (Å²) in [7, 11) is 0. The maximum Gasteiger partial charge on any atom is 0.256 e. The van der Waals surface area contributed by atoms with Gasteiger partial charge >= 0.3 is 0 Å². The van der Waals surface area contributed by atoms with Gasteiger partial charge in [-0.3, -0.25) is 9.36 Å². The largest absolute Gasteiger partial charge is 0.349 e.